The number of likely N-dealkylation sites (N-methyl/N-ethyl adjacent to an activating group) is 2. The Morgan fingerprint density at radius 3 is 2.60 bits per heavy atom. The van der Waals surface area contributed by atoms with E-state index in [1.165, 1.54) is 17.0 Å². The molecule has 20 heavy (non-hydrogen) atoms. The van der Waals surface area contributed by atoms with Gasteiger partial charge in [0.05, 0.1) is 10.9 Å². The highest BCUT2D eigenvalue weighted by Crippen LogP contribution is 2.25. The highest BCUT2D eigenvalue weighted by molar-refractivity contribution is 7.91. The van der Waals surface area contributed by atoms with Crippen molar-refractivity contribution in [2.75, 3.05) is 33.7 Å². The fourth-order valence-electron chi connectivity index (χ4n) is 1.21. The fraction of sp³-hybridized carbons (Fsp3) is 0.500. The number of carbonyl (C=O) groups is 1. The zero-order valence-corrected chi connectivity index (χ0v) is 14.3. The summed E-state index contributed by atoms with van der Waals surface area (Å²) in [6.07, 6.45) is 0. The van der Waals surface area contributed by atoms with Gasteiger partial charge in [-0.2, -0.15) is 0 Å². The van der Waals surface area contributed by atoms with E-state index in [0.29, 0.717) is 17.4 Å². The van der Waals surface area contributed by atoms with Gasteiger partial charge in [-0.1, -0.05) is 11.6 Å². The summed E-state index contributed by atoms with van der Waals surface area (Å²) in [6, 6.07) is 2.91. The molecule has 0 aromatic carbocycles. The molecule has 10 heteroatoms. The average molecular weight is 362 g/mol. The van der Waals surface area contributed by atoms with Crippen LogP contribution in [0.15, 0.2) is 16.3 Å². The summed E-state index contributed by atoms with van der Waals surface area (Å²) in [5.41, 5.74) is 0. The molecular weight excluding hydrogens is 345 g/mol. The Bertz CT molecular complexity index is 534. The molecule has 0 aliphatic heterocycles. The lowest BCUT2D eigenvalue weighted by atomic mass is 10.5. The number of sulfonamides is 1. The molecule has 0 unspecified atom stereocenters. The topological polar surface area (TPSA) is 78.5 Å². The molecule has 1 aromatic heterocycles. The quantitative estimate of drug-likeness (QED) is 0.752. The lowest BCUT2D eigenvalue weighted by Gasteiger charge is -2.16. The zero-order valence-electron chi connectivity index (χ0n) is 11.1. The van der Waals surface area contributed by atoms with E-state index in [1.807, 2.05) is 0 Å². The van der Waals surface area contributed by atoms with Crippen LogP contribution in [0.1, 0.15) is 0 Å². The van der Waals surface area contributed by atoms with Crippen LogP contribution in [0, 0.1) is 0 Å². The second-order valence-electron chi connectivity index (χ2n) is 3.80. The lowest BCUT2D eigenvalue weighted by Crippen LogP contribution is -2.40. The highest BCUT2D eigenvalue weighted by atomic mass is 35.5. The summed E-state index contributed by atoms with van der Waals surface area (Å²) >= 11 is 6.63. The van der Waals surface area contributed by atoms with Gasteiger partial charge in [-0.25, -0.2) is 13.1 Å². The third kappa shape index (κ3) is 5.94. The first-order valence-electron chi connectivity index (χ1n) is 5.50. The number of nitrogens with zero attached hydrogens (tertiary/aromatic N) is 1. The molecule has 1 heterocycles. The summed E-state index contributed by atoms with van der Waals surface area (Å²) in [5, 5.41) is 2.91. The molecule has 0 spiro atoms. The van der Waals surface area contributed by atoms with Crippen LogP contribution < -0.4 is 10.0 Å². The molecule has 0 saturated heterocycles. The smallest absolute Gasteiger partial charge is 0.250 e. The number of halogens is 2. The molecule has 0 aliphatic rings. The Kier molecular flexibility index (Phi) is 8.64. The predicted octanol–water partition coefficient (Wildman–Crippen LogP) is 0.779. The van der Waals surface area contributed by atoms with Gasteiger partial charge < -0.3 is 10.2 Å². The third-order valence-electron chi connectivity index (χ3n) is 2.35. The fourth-order valence-corrected chi connectivity index (χ4v) is 3.71. The van der Waals surface area contributed by atoms with Crippen molar-refractivity contribution >= 4 is 51.3 Å². The molecule has 116 valence electrons. The standard InChI is InChI=1S/C10H16ClN3O3S2.ClH/c1-12-5-6-14(2)9(15)7-13-19(16,17)10-4-3-8(11)18-10;/h3-4,12-13H,5-7H2,1-2H3;1H. The van der Waals surface area contributed by atoms with Crippen molar-refractivity contribution in [3.63, 3.8) is 0 Å². The summed E-state index contributed by atoms with van der Waals surface area (Å²) in [5.74, 6) is -0.290. The van der Waals surface area contributed by atoms with E-state index in [9.17, 15) is 13.2 Å². The van der Waals surface area contributed by atoms with Crippen LogP contribution >= 0.6 is 35.3 Å². The molecule has 0 aliphatic carbocycles. The van der Waals surface area contributed by atoms with Gasteiger partial charge in [0.25, 0.3) is 10.0 Å². The number of hydrogen-bond acceptors (Lipinski definition) is 5. The van der Waals surface area contributed by atoms with Crippen molar-refractivity contribution in [3.8, 4) is 0 Å². The lowest BCUT2D eigenvalue weighted by molar-refractivity contribution is -0.128. The first-order valence-corrected chi connectivity index (χ1v) is 8.18. The van der Waals surface area contributed by atoms with Gasteiger partial charge >= 0.3 is 0 Å². The van der Waals surface area contributed by atoms with Crippen molar-refractivity contribution in [3.05, 3.63) is 16.5 Å². The van der Waals surface area contributed by atoms with Crippen molar-refractivity contribution < 1.29 is 13.2 Å². The van der Waals surface area contributed by atoms with Gasteiger partial charge in [0.1, 0.15) is 4.21 Å². The van der Waals surface area contributed by atoms with E-state index in [-0.39, 0.29) is 29.1 Å². The Morgan fingerprint density at radius 1 is 1.45 bits per heavy atom. The van der Waals surface area contributed by atoms with Crippen molar-refractivity contribution in [1.29, 1.82) is 0 Å². The van der Waals surface area contributed by atoms with Gasteiger partial charge in [-0.05, 0) is 19.2 Å². The van der Waals surface area contributed by atoms with Gasteiger partial charge in [-0.15, -0.1) is 23.7 Å². The van der Waals surface area contributed by atoms with E-state index in [1.54, 1.807) is 14.1 Å². The number of thiophene rings is 1. The summed E-state index contributed by atoms with van der Waals surface area (Å²) in [6.45, 7) is 0.898. The highest BCUT2D eigenvalue weighted by Gasteiger charge is 2.18. The van der Waals surface area contributed by atoms with Crippen molar-refractivity contribution in [2.24, 2.45) is 0 Å². The number of hydrogen-bond donors (Lipinski definition) is 2. The zero-order chi connectivity index (χ0) is 14.5. The maximum absolute atomic E-state index is 11.8. The van der Waals surface area contributed by atoms with E-state index in [2.05, 4.69) is 10.0 Å². The van der Waals surface area contributed by atoms with Gasteiger partial charge in [0.2, 0.25) is 5.91 Å². The maximum Gasteiger partial charge on any atom is 0.250 e. The predicted molar refractivity (Wildman–Crippen MR) is 83.3 cm³/mol. The summed E-state index contributed by atoms with van der Waals surface area (Å²) in [4.78, 5) is 13.1. The van der Waals surface area contributed by atoms with Gasteiger partial charge in [0, 0.05) is 20.1 Å². The molecule has 1 aromatic rings. The van der Waals surface area contributed by atoms with E-state index in [4.69, 9.17) is 11.6 Å². The molecule has 0 atom stereocenters. The van der Waals surface area contributed by atoms with Gasteiger partial charge in [0.15, 0.2) is 0 Å². The first kappa shape index (κ1) is 19.6. The molecule has 0 bridgehead atoms. The minimum absolute atomic E-state index is 0. The SMILES string of the molecule is CNCCN(C)C(=O)CNS(=O)(=O)c1ccc(Cl)s1.Cl. The second-order valence-corrected chi connectivity index (χ2v) is 7.51. The Morgan fingerprint density at radius 2 is 2.10 bits per heavy atom. The Hall–Kier alpha value is -0.380. The molecule has 2 N–H and O–H groups in total. The number of nitrogens with one attached hydrogen (secondary N) is 2. The molecule has 0 saturated carbocycles. The molecule has 0 radical (unpaired) electrons. The normalized spacial score (nSPS) is 10.9. The van der Waals surface area contributed by atoms with Crippen LogP contribution in [0.25, 0.3) is 0 Å². The molecule has 1 amide bonds. The van der Waals surface area contributed by atoms with Crippen LogP contribution in [0.5, 0.6) is 0 Å². The van der Waals surface area contributed by atoms with Crippen LogP contribution in [0.3, 0.4) is 0 Å². The minimum Gasteiger partial charge on any atom is -0.343 e. The number of carbonyl (C=O) groups excluding carboxylic acids is 1. The maximum atomic E-state index is 11.8. The van der Waals surface area contributed by atoms with E-state index >= 15 is 0 Å². The summed E-state index contributed by atoms with van der Waals surface area (Å²) < 4.78 is 26.4. The second kappa shape index (κ2) is 8.81. The third-order valence-corrected chi connectivity index (χ3v) is 5.47. The molecule has 6 nitrogen and oxygen atoms in total. The Balaban J connectivity index is 0.00000361. The van der Waals surface area contributed by atoms with Crippen LogP contribution in [-0.4, -0.2) is 53.0 Å². The molecular formula is C10H17Cl2N3O3S2. The van der Waals surface area contributed by atoms with Crippen LogP contribution in [0.4, 0.5) is 0 Å². The first-order chi connectivity index (χ1) is 8.86. The van der Waals surface area contributed by atoms with Crippen molar-refractivity contribution in [2.45, 2.75) is 4.21 Å². The average Bonchev–Trinajstić information content (AvgIpc) is 2.80. The Labute approximate surface area is 133 Å². The summed E-state index contributed by atoms with van der Waals surface area (Å²) in [7, 11) is -0.267. The minimum atomic E-state index is -3.67. The molecule has 0 fully saturated rings. The van der Waals surface area contributed by atoms with Crippen LogP contribution in [0.2, 0.25) is 4.34 Å². The van der Waals surface area contributed by atoms with E-state index < -0.39 is 10.0 Å². The monoisotopic (exact) mass is 361 g/mol. The van der Waals surface area contributed by atoms with Crippen LogP contribution in [-0.2, 0) is 14.8 Å². The van der Waals surface area contributed by atoms with Crippen molar-refractivity contribution in [1.82, 2.24) is 14.9 Å². The number of rotatable bonds is 7. The van der Waals surface area contributed by atoms with Gasteiger partial charge in [-0.3, -0.25) is 4.79 Å². The van der Waals surface area contributed by atoms with E-state index in [0.717, 1.165) is 11.3 Å². The molecule has 1 rings (SSSR count). The number of amides is 1. The largest absolute Gasteiger partial charge is 0.343 e.